The molecule has 0 amide bonds. The zero-order chi connectivity index (χ0) is 35.0. The van der Waals surface area contributed by atoms with E-state index in [0.717, 1.165) is 50.7 Å². The van der Waals surface area contributed by atoms with Gasteiger partial charge >= 0.3 is 6.18 Å². The Morgan fingerprint density at radius 1 is 0.875 bits per heavy atom. The van der Waals surface area contributed by atoms with Crippen LogP contribution in [0.2, 0.25) is 23.2 Å². The van der Waals surface area contributed by atoms with Gasteiger partial charge in [-0.1, -0.05) is 74.0 Å². The number of aryl methyl sites for hydroxylation is 2. The van der Waals surface area contributed by atoms with Crippen LogP contribution < -0.4 is 0 Å². The number of alkyl halides is 3. The summed E-state index contributed by atoms with van der Waals surface area (Å²) in [6.45, 7) is 12.3. The number of thiazole rings is 1. The van der Waals surface area contributed by atoms with Crippen molar-refractivity contribution in [3.8, 4) is 21.7 Å². The molecule has 1 heterocycles. The van der Waals surface area contributed by atoms with Crippen LogP contribution in [0.1, 0.15) is 51.9 Å². The fraction of sp³-hybridized carbons (Fsp3) is 0.289. The molecule has 0 spiro atoms. The van der Waals surface area contributed by atoms with Gasteiger partial charge in [0, 0.05) is 20.6 Å². The second-order valence-electron chi connectivity index (χ2n) is 13.4. The van der Waals surface area contributed by atoms with Crippen molar-refractivity contribution in [1.82, 2.24) is 4.98 Å². The lowest BCUT2D eigenvalue weighted by atomic mass is 9.98. The van der Waals surface area contributed by atoms with E-state index in [1.54, 1.807) is 23.9 Å². The average molecular weight is 728 g/mol. The van der Waals surface area contributed by atoms with Crippen LogP contribution in [0.4, 0.5) is 17.6 Å². The quantitative estimate of drug-likeness (QED) is 0.0883. The molecule has 1 N–H and O–H groups in total. The van der Waals surface area contributed by atoms with Gasteiger partial charge in [-0.3, -0.25) is 0 Å². The molecule has 0 radical (unpaired) electrons. The zero-order valence-electron chi connectivity index (χ0n) is 27.7. The third-order valence-corrected chi connectivity index (χ3v) is 15.6. The van der Waals surface area contributed by atoms with Gasteiger partial charge in [-0.25, -0.2) is 9.37 Å². The first kappa shape index (κ1) is 36.3. The predicted molar refractivity (Wildman–Crippen MR) is 195 cm³/mol. The summed E-state index contributed by atoms with van der Waals surface area (Å²) in [6.07, 6.45) is -2.93. The molecular weight excluding hydrogens is 690 g/mol. The highest BCUT2D eigenvalue weighted by molar-refractivity contribution is 7.99. The summed E-state index contributed by atoms with van der Waals surface area (Å²) in [7, 11) is -2.38. The fourth-order valence-electron chi connectivity index (χ4n) is 5.34. The maximum absolute atomic E-state index is 13.7. The van der Waals surface area contributed by atoms with Crippen LogP contribution in [0.3, 0.4) is 0 Å². The van der Waals surface area contributed by atoms with Crippen molar-refractivity contribution in [3.63, 3.8) is 0 Å². The molecule has 1 unspecified atom stereocenters. The highest BCUT2D eigenvalue weighted by atomic mass is 35.5. The number of halogens is 5. The maximum Gasteiger partial charge on any atom is 0.416 e. The first-order valence-corrected chi connectivity index (χ1v) is 20.6. The zero-order valence-corrected chi connectivity index (χ0v) is 31.1. The topological polar surface area (TPSA) is 33.1 Å². The molecule has 0 aliphatic rings. The third-order valence-electron chi connectivity index (χ3n) is 9.09. The molecule has 0 fully saturated rings. The lowest BCUT2D eigenvalue weighted by Gasteiger charge is -2.35. The monoisotopic (exact) mass is 727 g/mol. The summed E-state index contributed by atoms with van der Waals surface area (Å²) in [5.74, 6) is -0.460. The summed E-state index contributed by atoms with van der Waals surface area (Å²) in [5.41, 5.74) is 6.02. The molecule has 1 aromatic heterocycles. The minimum atomic E-state index is -4.40. The molecule has 48 heavy (non-hydrogen) atoms. The van der Waals surface area contributed by atoms with Crippen molar-refractivity contribution in [2.24, 2.45) is 0 Å². The van der Waals surface area contributed by atoms with E-state index < -0.39 is 25.9 Å². The number of hydrogen-bond acceptors (Lipinski definition) is 4. The van der Waals surface area contributed by atoms with Gasteiger partial charge in [0.2, 0.25) is 0 Å². The number of nitrogens with zero attached hydrogens (tertiary/aromatic N) is 1. The molecule has 1 atom stereocenters. The Morgan fingerprint density at radius 2 is 1.50 bits per heavy atom. The van der Waals surface area contributed by atoms with Crippen LogP contribution in [0, 0.1) is 19.7 Å². The van der Waals surface area contributed by atoms with E-state index in [2.05, 4.69) is 51.1 Å². The number of thioether (sulfide) groups is 1. The number of hydrogen-bond donors (Lipinski definition) is 1. The predicted octanol–water partition coefficient (Wildman–Crippen LogP) is 12.5. The average Bonchev–Trinajstić information content (AvgIpc) is 3.40. The van der Waals surface area contributed by atoms with Gasteiger partial charge < -0.3 is 4.80 Å². The maximum atomic E-state index is 13.7. The van der Waals surface area contributed by atoms with Crippen LogP contribution in [-0.2, 0) is 19.0 Å². The lowest BCUT2D eigenvalue weighted by molar-refractivity contribution is -0.137. The van der Waals surface area contributed by atoms with E-state index in [-0.39, 0.29) is 15.3 Å². The van der Waals surface area contributed by atoms with Crippen LogP contribution in [0.15, 0.2) is 89.8 Å². The van der Waals surface area contributed by atoms with Gasteiger partial charge in [0.05, 0.1) is 16.3 Å². The molecule has 0 aliphatic carbocycles. The number of benzene rings is 4. The van der Waals surface area contributed by atoms with Crippen molar-refractivity contribution in [1.29, 1.82) is 0 Å². The van der Waals surface area contributed by atoms with Crippen molar-refractivity contribution in [2.45, 2.75) is 75.0 Å². The van der Waals surface area contributed by atoms with E-state index in [9.17, 15) is 22.4 Å². The van der Waals surface area contributed by atoms with Gasteiger partial charge in [0.1, 0.15) is 10.8 Å². The third kappa shape index (κ3) is 8.42. The largest absolute Gasteiger partial charge is 0.432 e. The molecule has 5 rings (SSSR count). The smallest absolute Gasteiger partial charge is 0.416 e. The first-order valence-electron chi connectivity index (χ1n) is 15.6. The van der Waals surface area contributed by atoms with E-state index >= 15 is 0 Å². The SMILES string of the molecule is Cc1cc(SC(Cc2ccc(-c3ccc(F)c(Cl)c3)cc2)c2sc(-c3ccc(C(F)(F)F)cc3)nc2C)ccc1CC(C)(C)[Si](C)(C)O. The number of aromatic nitrogens is 1. The Kier molecular flexibility index (Phi) is 10.7. The van der Waals surface area contributed by atoms with Crippen molar-refractivity contribution in [3.05, 3.63) is 129 Å². The Balaban J connectivity index is 1.46. The number of rotatable bonds is 10. The van der Waals surface area contributed by atoms with Gasteiger partial charge in [-0.2, -0.15) is 13.2 Å². The molecule has 252 valence electrons. The van der Waals surface area contributed by atoms with E-state index in [0.29, 0.717) is 17.0 Å². The summed E-state index contributed by atoms with van der Waals surface area (Å²) in [5, 5.41) is 0.538. The Labute approximate surface area is 294 Å². The van der Waals surface area contributed by atoms with E-state index in [4.69, 9.17) is 16.6 Å². The molecule has 0 saturated heterocycles. The Hall–Kier alpha value is -2.95. The molecule has 5 aromatic rings. The summed E-state index contributed by atoms with van der Waals surface area (Å²) in [4.78, 5) is 17.8. The Morgan fingerprint density at radius 3 is 2.08 bits per heavy atom. The van der Waals surface area contributed by atoms with Crippen LogP contribution in [0.25, 0.3) is 21.7 Å². The Bertz CT molecular complexity index is 1900. The molecule has 0 saturated carbocycles. The van der Waals surface area contributed by atoms with Crippen LogP contribution in [0.5, 0.6) is 0 Å². The fourth-order valence-corrected chi connectivity index (χ4v) is 8.76. The molecule has 0 aliphatic heterocycles. The minimum Gasteiger partial charge on any atom is -0.432 e. The lowest BCUT2D eigenvalue weighted by Crippen LogP contribution is -2.40. The highest BCUT2D eigenvalue weighted by Crippen LogP contribution is 2.45. The minimum absolute atomic E-state index is 0.0257. The van der Waals surface area contributed by atoms with Gasteiger partial charge in [-0.15, -0.1) is 23.1 Å². The molecular formula is C38H38ClF4NOS2Si. The molecule has 4 aromatic carbocycles. The van der Waals surface area contributed by atoms with Crippen molar-refractivity contribution in [2.75, 3.05) is 0 Å². The second-order valence-corrected chi connectivity index (χ2v) is 20.6. The normalized spacial score (nSPS) is 13.2. The summed E-state index contributed by atoms with van der Waals surface area (Å²) >= 11 is 9.27. The summed E-state index contributed by atoms with van der Waals surface area (Å²) in [6, 6.07) is 24.4. The van der Waals surface area contributed by atoms with E-state index in [1.807, 2.05) is 32.2 Å². The van der Waals surface area contributed by atoms with Crippen LogP contribution >= 0.6 is 34.7 Å². The first-order chi connectivity index (χ1) is 22.4. The highest BCUT2D eigenvalue weighted by Gasteiger charge is 2.38. The van der Waals surface area contributed by atoms with E-state index in [1.165, 1.54) is 40.7 Å². The standard InChI is InChI=1S/C38H38ClF4NOS2Si/c1-23-19-31(17-13-29(23)22-37(3,4)48(5,6)45)46-34(20-25-7-9-26(10-8-25)28-14-18-33(40)32(39)21-28)35-24(2)44-36(47-35)27-11-15-30(16-12-27)38(41,42)43/h7-19,21,34,45H,20,22H2,1-6H3. The van der Waals surface area contributed by atoms with Crippen molar-refractivity contribution < 1.29 is 22.4 Å². The van der Waals surface area contributed by atoms with Gasteiger partial charge in [0.25, 0.3) is 0 Å². The summed E-state index contributed by atoms with van der Waals surface area (Å²) < 4.78 is 53.4. The van der Waals surface area contributed by atoms with Gasteiger partial charge in [-0.05, 0) is 109 Å². The van der Waals surface area contributed by atoms with Gasteiger partial charge in [0.15, 0.2) is 8.32 Å². The molecule has 0 bridgehead atoms. The van der Waals surface area contributed by atoms with Crippen LogP contribution in [-0.4, -0.2) is 18.1 Å². The molecule has 2 nitrogen and oxygen atoms in total. The van der Waals surface area contributed by atoms with Crippen molar-refractivity contribution >= 4 is 43.0 Å². The second kappa shape index (κ2) is 14.1. The molecule has 10 heteroatoms.